The molecule has 10 nitrogen and oxygen atoms in total. The first kappa shape index (κ1) is 31.7. The third kappa shape index (κ3) is 6.24. The lowest BCUT2D eigenvalue weighted by Crippen LogP contribution is -2.47. The molecule has 13 heteroatoms. The number of rotatable bonds is 7. The van der Waals surface area contributed by atoms with Gasteiger partial charge in [0.05, 0.1) is 30.5 Å². The van der Waals surface area contributed by atoms with E-state index < -0.39 is 5.60 Å². The maximum atomic E-state index is 13.4. The van der Waals surface area contributed by atoms with Gasteiger partial charge in [-0.05, 0) is 36.1 Å². The van der Waals surface area contributed by atoms with Crippen molar-refractivity contribution in [3.8, 4) is 16.9 Å². The molecule has 1 fully saturated rings. The van der Waals surface area contributed by atoms with E-state index in [1.54, 1.807) is 24.3 Å². The Hall–Kier alpha value is -3.25. The van der Waals surface area contributed by atoms with Crippen molar-refractivity contribution >= 4 is 47.4 Å². The van der Waals surface area contributed by atoms with Crippen LogP contribution in [0.5, 0.6) is 0 Å². The average Bonchev–Trinajstić information content (AvgIpc) is 3.61. The SMILES string of the molecule is Cl.Cl.Cn1nc2c(=O)n(CC3(O)CCN(Cc4ccc(-n5ccnc5)cc4Cl)CC3)cnc2c1-c1ccc(CN)cc1. The largest absolute Gasteiger partial charge is 0.388 e. The monoisotopic (exact) mass is 630 g/mol. The van der Waals surface area contributed by atoms with Crippen molar-refractivity contribution in [3.63, 3.8) is 0 Å². The van der Waals surface area contributed by atoms with Gasteiger partial charge in [-0.2, -0.15) is 5.10 Å². The van der Waals surface area contributed by atoms with Gasteiger partial charge >= 0.3 is 0 Å². The van der Waals surface area contributed by atoms with Gasteiger partial charge in [0.1, 0.15) is 5.52 Å². The molecule has 1 aliphatic rings. The molecule has 0 amide bonds. The summed E-state index contributed by atoms with van der Waals surface area (Å²) in [5, 5.41) is 16.6. The Morgan fingerprint density at radius 1 is 1.05 bits per heavy atom. The van der Waals surface area contributed by atoms with Crippen molar-refractivity contribution < 1.29 is 5.11 Å². The van der Waals surface area contributed by atoms with Gasteiger partial charge in [-0.3, -0.25) is 18.9 Å². The summed E-state index contributed by atoms with van der Waals surface area (Å²) in [5.74, 6) is 0. The van der Waals surface area contributed by atoms with Crippen molar-refractivity contribution in [3.05, 3.63) is 94.0 Å². The molecule has 0 unspecified atom stereocenters. The molecule has 2 aromatic carbocycles. The number of halogens is 3. The molecule has 0 radical (unpaired) electrons. The summed E-state index contributed by atoms with van der Waals surface area (Å²) in [6.07, 6.45) is 7.94. The maximum absolute atomic E-state index is 13.4. The van der Waals surface area contributed by atoms with Crippen LogP contribution in [0.3, 0.4) is 0 Å². The number of aliphatic hydroxyl groups is 1. The van der Waals surface area contributed by atoms with Crippen molar-refractivity contribution in [1.29, 1.82) is 0 Å². The molecule has 1 aliphatic heterocycles. The van der Waals surface area contributed by atoms with E-state index in [0.29, 0.717) is 49.6 Å². The molecule has 42 heavy (non-hydrogen) atoms. The minimum Gasteiger partial charge on any atom is -0.388 e. The van der Waals surface area contributed by atoms with Crippen LogP contribution in [0.1, 0.15) is 24.0 Å². The molecule has 5 aromatic rings. The fourth-order valence-electron chi connectivity index (χ4n) is 5.41. The molecule has 0 spiro atoms. The van der Waals surface area contributed by atoms with Crippen molar-refractivity contribution in [1.82, 2.24) is 33.8 Å². The van der Waals surface area contributed by atoms with Gasteiger partial charge < -0.3 is 15.4 Å². The van der Waals surface area contributed by atoms with Gasteiger partial charge in [0, 0.05) is 61.9 Å². The van der Waals surface area contributed by atoms with E-state index in [2.05, 4.69) is 20.0 Å². The first-order valence-electron chi connectivity index (χ1n) is 13.3. The summed E-state index contributed by atoms with van der Waals surface area (Å²) in [4.78, 5) is 24.3. The fraction of sp³-hybridized carbons (Fsp3) is 0.310. The lowest BCUT2D eigenvalue weighted by Gasteiger charge is -2.38. The molecule has 0 saturated carbocycles. The average molecular weight is 632 g/mol. The Morgan fingerprint density at radius 3 is 2.43 bits per heavy atom. The predicted octanol–water partition coefficient (Wildman–Crippen LogP) is 3.97. The molecule has 1 saturated heterocycles. The zero-order valence-corrected chi connectivity index (χ0v) is 25.4. The van der Waals surface area contributed by atoms with Gasteiger partial charge in [0.2, 0.25) is 0 Å². The quantitative estimate of drug-likeness (QED) is 0.279. The van der Waals surface area contributed by atoms with Gasteiger partial charge in [0.25, 0.3) is 5.56 Å². The number of hydrogen-bond donors (Lipinski definition) is 2. The van der Waals surface area contributed by atoms with E-state index in [9.17, 15) is 9.90 Å². The van der Waals surface area contributed by atoms with Crippen molar-refractivity contribution in [2.24, 2.45) is 12.8 Å². The Labute approximate surface area is 260 Å². The number of likely N-dealkylation sites (tertiary alicyclic amines) is 1. The van der Waals surface area contributed by atoms with Crippen LogP contribution >= 0.6 is 36.4 Å². The van der Waals surface area contributed by atoms with E-state index in [1.807, 2.05) is 53.2 Å². The van der Waals surface area contributed by atoms with Gasteiger partial charge in [-0.1, -0.05) is 41.9 Å². The highest BCUT2D eigenvalue weighted by Crippen LogP contribution is 2.29. The summed E-state index contributed by atoms with van der Waals surface area (Å²) in [5.41, 5.74) is 9.98. The standard InChI is InChI=1S/C29H31ClN8O2.2ClH/c1-35-27(21-4-2-20(15-31)3-5-21)25-26(34-35)28(39)38(19-33-25)17-29(40)8-11-36(12-9-29)16-22-6-7-23(14-24(22)30)37-13-10-32-18-37;;/h2-7,10,13-14,18-19,40H,8-9,11-12,15-17,31H2,1H3;2*1H. The minimum absolute atomic E-state index is 0. The Morgan fingerprint density at radius 2 is 1.79 bits per heavy atom. The number of nitrogens with zero attached hydrogens (tertiary/aromatic N) is 7. The molecule has 222 valence electrons. The van der Waals surface area contributed by atoms with Crippen LogP contribution in [0.4, 0.5) is 0 Å². The van der Waals surface area contributed by atoms with Gasteiger partial charge in [-0.15, -0.1) is 24.8 Å². The zero-order valence-electron chi connectivity index (χ0n) is 23.1. The summed E-state index contributed by atoms with van der Waals surface area (Å²) in [6, 6.07) is 13.8. The third-order valence-electron chi connectivity index (χ3n) is 7.76. The highest BCUT2D eigenvalue weighted by molar-refractivity contribution is 6.31. The summed E-state index contributed by atoms with van der Waals surface area (Å²) in [6.45, 7) is 2.69. The predicted molar refractivity (Wildman–Crippen MR) is 169 cm³/mol. The molecular weight excluding hydrogens is 599 g/mol. The number of aryl methyl sites for hydroxylation is 1. The fourth-order valence-corrected chi connectivity index (χ4v) is 5.64. The van der Waals surface area contributed by atoms with Gasteiger partial charge in [0.15, 0.2) is 5.52 Å². The lowest BCUT2D eigenvalue weighted by atomic mass is 9.91. The van der Waals surface area contributed by atoms with Crippen LogP contribution in [0.25, 0.3) is 28.0 Å². The zero-order chi connectivity index (χ0) is 27.9. The Balaban J connectivity index is 0.00000202. The normalized spacial score (nSPS) is 14.9. The third-order valence-corrected chi connectivity index (χ3v) is 8.11. The molecule has 3 N–H and O–H groups in total. The summed E-state index contributed by atoms with van der Waals surface area (Å²) < 4.78 is 5.08. The number of hydrogen-bond acceptors (Lipinski definition) is 7. The molecule has 0 atom stereocenters. The second-order valence-electron chi connectivity index (χ2n) is 10.5. The lowest BCUT2D eigenvalue weighted by molar-refractivity contribution is -0.0364. The second kappa shape index (κ2) is 12.9. The molecule has 4 heterocycles. The topological polar surface area (TPSA) is 120 Å². The van der Waals surface area contributed by atoms with Crippen LogP contribution in [-0.2, 0) is 26.7 Å². The summed E-state index contributed by atoms with van der Waals surface area (Å²) in [7, 11) is 1.80. The van der Waals surface area contributed by atoms with E-state index in [-0.39, 0.29) is 42.4 Å². The highest BCUT2D eigenvalue weighted by atomic mass is 35.5. The number of fused-ring (bicyclic) bond motifs is 1. The van der Waals surface area contributed by atoms with Crippen LogP contribution in [0.2, 0.25) is 5.02 Å². The van der Waals surface area contributed by atoms with Crippen LogP contribution < -0.4 is 11.3 Å². The number of aromatic nitrogens is 6. The van der Waals surface area contributed by atoms with E-state index >= 15 is 0 Å². The highest BCUT2D eigenvalue weighted by Gasteiger charge is 2.33. The van der Waals surface area contributed by atoms with Crippen molar-refractivity contribution in [2.75, 3.05) is 13.1 Å². The smallest absolute Gasteiger partial charge is 0.281 e. The number of piperidine rings is 1. The van der Waals surface area contributed by atoms with Crippen molar-refractivity contribution in [2.45, 2.75) is 38.1 Å². The van der Waals surface area contributed by atoms with Crippen LogP contribution in [0, 0.1) is 0 Å². The Bertz CT molecular complexity index is 1710. The summed E-state index contributed by atoms with van der Waals surface area (Å²) >= 11 is 6.59. The van der Waals surface area contributed by atoms with Crippen LogP contribution in [0.15, 0.2) is 72.3 Å². The Kier molecular flexibility index (Phi) is 9.77. The second-order valence-corrected chi connectivity index (χ2v) is 10.9. The first-order chi connectivity index (χ1) is 19.3. The molecule has 0 aliphatic carbocycles. The van der Waals surface area contributed by atoms with Gasteiger partial charge in [-0.25, -0.2) is 9.97 Å². The number of imidazole rings is 1. The molecular formula is C29H33Cl3N8O2. The van der Waals surface area contributed by atoms with E-state index in [1.165, 1.54) is 10.9 Å². The number of benzene rings is 2. The molecule has 3 aromatic heterocycles. The van der Waals surface area contributed by atoms with E-state index in [0.717, 1.165) is 28.1 Å². The maximum Gasteiger partial charge on any atom is 0.281 e. The first-order valence-corrected chi connectivity index (χ1v) is 13.6. The molecule has 0 bridgehead atoms. The number of nitrogens with two attached hydrogens (primary N) is 1. The molecule has 6 rings (SSSR count). The van der Waals surface area contributed by atoms with Crippen LogP contribution in [-0.4, -0.2) is 57.6 Å². The van der Waals surface area contributed by atoms with E-state index in [4.69, 9.17) is 17.3 Å². The minimum atomic E-state index is -1.01.